The summed E-state index contributed by atoms with van der Waals surface area (Å²) in [5.74, 6) is 1.28. The predicted octanol–water partition coefficient (Wildman–Crippen LogP) is 4.12. The summed E-state index contributed by atoms with van der Waals surface area (Å²) in [6.45, 7) is 2.93. The van der Waals surface area contributed by atoms with Crippen molar-refractivity contribution in [2.24, 2.45) is 0 Å². The van der Waals surface area contributed by atoms with Crippen LogP contribution in [0.4, 0.5) is 0 Å². The van der Waals surface area contributed by atoms with E-state index in [0.717, 1.165) is 24.2 Å². The summed E-state index contributed by atoms with van der Waals surface area (Å²) in [5.41, 5.74) is 2.15. The SMILES string of the molecule is CCCc1ccc(OCCOc2cc(OC)ccc2CCC(=O)O)cc1. The molecule has 26 heavy (non-hydrogen) atoms. The predicted molar refractivity (Wildman–Crippen MR) is 100 cm³/mol. The summed E-state index contributed by atoms with van der Waals surface area (Å²) in [4.78, 5) is 10.8. The number of aliphatic carboxylic acids is 1. The Morgan fingerprint density at radius 3 is 2.31 bits per heavy atom. The molecule has 2 aromatic rings. The number of ether oxygens (including phenoxy) is 3. The fraction of sp³-hybridized carbons (Fsp3) is 0.381. The van der Waals surface area contributed by atoms with Gasteiger partial charge in [-0.3, -0.25) is 4.79 Å². The van der Waals surface area contributed by atoms with Crippen LogP contribution in [-0.2, 0) is 17.6 Å². The third kappa shape index (κ3) is 6.31. The largest absolute Gasteiger partial charge is 0.497 e. The molecule has 0 spiro atoms. The average Bonchev–Trinajstić information content (AvgIpc) is 2.65. The van der Waals surface area contributed by atoms with Gasteiger partial charge in [-0.25, -0.2) is 0 Å². The van der Waals surface area contributed by atoms with Crippen LogP contribution in [0.25, 0.3) is 0 Å². The topological polar surface area (TPSA) is 65.0 Å². The minimum Gasteiger partial charge on any atom is -0.497 e. The van der Waals surface area contributed by atoms with Crippen molar-refractivity contribution in [2.45, 2.75) is 32.6 Å². The van der Waals surface area contributed by atoms with Gasteiger partial charge in [0.2, 0.25) is 0 Å². The highest BCUT2D eigenvalue weighted by molar-refractivity contribution is 5.67. The van der Waals surface area contributed by atoms with Gasteiger partial charge in [0, 0.05) is 12.5 Å². The summed E-state index contributed by atoms with van der Waals surface area (Å²) in [6, 6.07) is 13.5. The van der Waals surface area contributed by atoms with Crippen LogP contribution >= 0.6 is 0 Å². The summed E-state index contributed by atoms with van der Waals surface area (Å²) >= 11 is 0. The molecule has 2 rings (SSSR count). The monoisotopic (exact) mass is 358 g/mol. The zero-order valence-corrected chi connectivity index (χ0v) is 15.4. The van der Waals surface area contributed by atoms with Gasteiger partial charge >= 0.3 is 5.97 Å². The van der Waals surface area contributed by atoms with E-state index in [2.05, 4.69) is 19.1 Å². The van der Waals surface area contributed by atoms with Gasteiger partial charge in [0.1, 0.15) is 30.5 Å². The third-order valence-corrected chi connectivity index (χ3v) is 3.95. The lowest BCUT2D eigenvalue weighted by atomic mass is 10.1. The zero-order valence-electron chi connectivity index (χ0n) is 15.4. The normalized spacial score (nSPS) is 10.4. The fourth-order valence-electron chi connectivity index (χ4n) is 2.60. The van der Waals surface area contributed by atoms with Crippen LogP contribution in [0, 0.1) is 0 Å². The second-order valence-electron chi connectivity index (χ2n) is 5.96. The number of carboxylic acid groups (broad SMARTS) is 1. The van der Waals surface area contributed by atoms with Crippen molar-refractivity contribution in [3.63, 3.8) is 0 Å². The van der Waals surface area contributed by atoms with Crippen molar-refractivity contribution in [2.75, 3.05) is 20.3 Å². The number of carbonyl (C=O) groups is 1. The Balaban J connectivity index is 1.88. The highest BCUT2D eigenvalue weighted by Gasteiger charge is 2.08. The maximum atomic E-state index is 10.8. The Labute approximate surface area is 154 Å². The third-order valence-electron chi connectivity index (χ3n) is 3.95. The summed E-state index contributed by atoms with van der Waals surface area (Å²) in [7, 11) is 1.58. The molecule has 0 saturated heterocycles. The van der Waals surface area contributed by atoms with Gasteiger partial charge < -0.3 is 19.3 Å². The molecule has 0 heterocycles. The van der Waals surface area contributed by atoms with E-state index in [1.54, 1.807) is 19.2 Å². The molecule has 5 nitrogen and oxygen atoms in total. The second kappa shape index (κ2) is 10.3. The van der Waals surface area contributed by atoms with Crippen LogP contribution in [0.5, 0.6) is 17.2 Å². The van der Waals surface area contributed by atoms with Crippen LogP contribution in [0.1, 0.15) is 30.9 Å². The van der Waals surface area contributed by atoms with Crippen molar-refractivity contribution >= 4 is 5.97 Å². The van der Waals surface area contributed by atoms with Crippen LogP contribution in [0.15, 0.2) is 42.5 Å². The summed E-state index contributed by atoms with van der Waals surface area (Å²) in [5, 5.41) is 8.87. The molecule has 0 radical (unpaired) electrons. The minimum absolute atomic E-state index is 0.0588. The Morgan fingerprint density at radius 2 is 1.65 bits per heavy atom. The molecular formula is C21H26O5. The van der Waals surface area contributed by atoms with Crippen molar-refractivity contribution < 1.29 is 24.1 Å². The Kier molecular flexibility index (Phi) is 7.80. The number of carboxylic acids is 1. The van der Waals surface area contributed by atoms with Gasteiger partial charge in [0.05, 0.1) is 7.11 Å². The molecule has 140 valence electrons. The number of hydrogen-bond acceptors (Lipinski definition) is 4. The van der Waals surface area contributed by atoms with Gasteiger partial charge in [0.25, 0.3) is 0 Å². The number of rotatable bonds is 11. The quantitative estimate of drug-likeness (QED) is 0.612. The van der Waals surface area contributed by atoms with E-state index in [4.69, 9.17) is 19.3 Å². The van der Waals surface area contributed by atoms with E-state index in [0.29, 0.717) is 31.1 Å². The molecule has 0 unspecified atom stereocenters. The lowest BCUT2D eigenvalue weighted by Crippen LogP contribution is -2.10. The molecule has 0 atom stereocenters. The van der Waals surface area contributed by atoms with E-state index in [-0.39, 0.29) is 6.42 Å². The molecule has 0 bridgehead atoms. The number of benzene rings is 2. The van der Waals surface area contributed by atoms with E-state index in [1.807, 2.05) is 18.2 Å². The molecule has 1 N–H and O–H groups in total. The Hall–Kier alpha value is -2.69. The van der Waals surface area contributed by atoms with Gasteiger partial charge in [0.15, 0.2) is 0 Å². The molecule has 0 aliphatic rings. The molecule has 2 aromatic carbocycles. The number of hydrogen-bond donors (Lipinski definition) is 1. The molecule has 0 aromatic heterocycles. The number of aryl methyl sites for hydroxylation is 2. The maximum Gasteiger partial charge on any atom is 0.303 e. The summed E-state index contributed by atoms with van der Waals surface area (Å²) in [6.07, 6.45) is 2.66. The lowest BCUT2D eigenvalue weighted by Gasteiger charge is -2.13. The molecule has 5 heteroatoms. The van der Waals surface area contributed by atoms with Crippen molar-refractivity contribution in [1.82, 2.24) is 0 Å². The van der Waals surface area contributed by atoms with Crippen molar-refractivity contribution in [1.29, 1.82) is 0 Å². The lowest BCUT2D eigenvalue weighted by molar-refractivity contribution is -0.136. The first kappa shape index (κ1) is 19.6. The molecule has 0 saturated carbocycles. The maximum absolute atomic E-state index is 10.8. The minimum atomic E-state index is -0.832. The molecular weight excluding hydrogens is 332 g/mol. The van der Waals surface area contributed by atoms with E-state index >= 15 is 0 Å². The van der Waals surface area contributed by atoms with Crippen LogP contribution in [0.3, 0.4) is 0 Å². The van der Waals surface area contributed by atoms with Crippen molar-refractivity contribution in [3.8, 4) is 17.2 Å². The van der Waals surface area contributed by atoms with Gasteiger partial charge in [-0.2, -0.15) is 0 Å². The van der Waals surface area contributed by atoms with Crippen LogP contribution < -0.4 is 14.2 Å². The van der Waals surface area contributed by atoms with Gasteiger partial charge in [-0.1, -0.05) is 31.5 Å². The van der Waals surface area contributed by atoms with Gasteiger partial charge in [-0.05, 0) is 42.2 Å². The Morgan fingerprint density at radius 1 is 0.962 bits per heavy atom. The first-order chi connectivity index (χ1) is 12.6. The molecule has 0 fully saturated rings. The highest BCUT2D eigenvalue weighted by Crippen LogP contribution is 2.26. The first-order valence-electron chi connectivity index (χ1n) is 8.85. The van der Waals surface area contributed by atoms with E-state index in [1.165, 1.54) is 5.56 Å². The van der Waals surface area contributed by atoms with E-state index in [9.17, 15) is 4.79 Å². The van der Waals surface area contributed by atoms with Gasteiger partial charge in [-0.15, -0.1) is 0 Å². The van der Waals surface area contributed by atoms with Crippen LogP contribution in [0.2, 0.25) is 0 Å². The smallest absolute Gasteiger partial charge is 0.303 e. The fourth-order valence-corrected chi connectivity index (χ4v) is 2.60. The summed E-state index contributed by atoms with van der Waals surface area (Å²) < 4.78 is 16.7. The molecule has 0 aliphatic heterocycles. The van der Waals surface area contributed by atoms with Crippen LogP contribution in [-0.4, -0.2) is 31.4 Å². The highest BCUT2D eigenvalue weighted by atomic mass is 16.5. The second-order valence-corrected chi connectivity index (χ2v) is 5.96. The first-order valence-corrected chi connectivity index (χ1v) is 8.85. The standard InChI is InChI=1S/C21H26O5/c1-3-4-16-5-9-18(10-6-16)25-13-14-26-20-15-19(24-2)11-7-17(20)8-12-21(22)23/h5-7,9-11,15H,3-4,8,12-14H2,1-2H3,(H,22,23). The molecule has 0 amide bonds. The molecule has 0 aliphatic carbocycles. The Bertz CT molecular complexity index is 694. The zero-order chi connectivity index (χ0) is 18.8. The number of methoxy groups -OCH3 is 1. The van der Waals surface area contributed by atoms with Crippen molar-refractivity contribution in [3.05, 3.63) is 53.6 Å². The van der Waals surface area contributed by atoms with E-state index < -0.39 is 5.97 Å². The average molecular weight is 358 g/mol.